The van der Waals surface area contributed by atoms with Gasteiger partial charge in [-0.1, -0.05) is 48.0 Å². The van der Waals surface area contributed by atoms with Crippen molar-refractivity contribution < 1.29 is 14.6 Å². The Labute approximate surface area is 185 Å². The highest BCUT2D eigenvalue weighted by atomic mass is 35.5. The highest BCUT2D eigenvalue weighted by molar-refractivity contribution is 6.32. The summed E-state index contributed by atoms with van der Waals surface area (Å²) in [6, 6.07) is 18.6. The molecule has 0 aliphatic carbocycles. The van der Waals surface area contributed by atoms with Gasteiger partial charge in [-0.2, -0.15) is 5.10 Å². The van der Waals surface area contributed by atoms with Crippen molar-refractivity contribution in [2.75, 3.05) is 14.2 Å². The molecule has 1 aromatic heterocycles. The quantitative estimate of drug-likeness (QED) is 0.456. The average Bonchev–Trinajstić information content (AvgIpc) is 3.15. The predicted octanol–water partition coefficient (Wildman–Crippen LogP) is 4.79. The number of carbonyl (C=O) groups is 1. The van der Waals surface area contributed by atoms with Crippen LogP contribution < -0.4 is 4.74 Å². The van der Waals surface area contributed by atoms with Crippen LogP contribution in [0, 0.1) is 0 Å². The Morgan fingerprint density at radius 2 is 1.90 bits per heavy atom. The Kier molecular flexibility index (Phi) is 5.82. The monoisotopic (exact) mass is 435 g/mol. The largest absolute Gasteiger partial charge is 0.507 e. The summed E-state index contributed by atoms with van der Waals surface area (Å²) in [5.41, 5.74) is 3.72. The molecule has 0 radical (unpaired) electrons. The zero-order valence-electron chi connectivity index (χ0n) is 17.2. The molecule has 6 nitrogen and oxygen atoms in total. The van der Waals surface area contributed by atoms with E-state index in [2.05, 4.69) is 10.2 Å². The van der Waals surface area contributed by atoms with Crippen LogP contribution in [0.1, 0.15) is 27.2 Å². The number of aromatic nitrogens is 2. The fourth-order valence-electron chi connectivity index (χ4n) is 3.56. The SMILES string of the molecule is COc1cc(CN(C)C(=O)c2cc3c(Cc4ccccc4)n[nH]c3cc2O)ccc1Cl. The molecule has 0 spiro atoms. The topological polar surface area (TPSA) is 78.5 Å². The van der Waals surface area contributed by atoms with E-state index in [1.54, 1.807) is 43.3 Å². The Morgan fingerprint density at radius 1 is 1.13 bits per heavy atom. The number of halogens is 1. The number of aromatic hydroxyl groups is 1. The molecule has 0 atom stereocenters. The Morgan fingerprint density at radius 3 is 2.65 bits per heavy atom. The molecule has 0 saturated heterocycles. The summed E-state index contributed by atoms with van der Waals surface area (Å²) in [4.78, 5) is 14.6. The number of fused-ring (bicyclic) bond motifs is 1. The highest BCUT2D eigenvalue weighted by Gasteiger charge is 2.19. The normalized spacial score (nSPS) is 10.9. The van der Waals surface area contributed by atoms with Crippen molar-refractivity contribution in [1.29, 1.82) is 0 Å². The predicted molar refractivity (Wildman–Crippen MR) is 121 cm³/mol. The smallest absolute Gasteiger partial charge is 0.257 e. The van der Waals surface area contributed by atoms with Crippen LogP contribution in [0.25, 0.3) is 10.9 Å². The second kappa shape index (κ2) is 8.70. The number of benzene rings is 3. The molecule has 1 heterocycles. The van der Waals surface area contributed by atoms with E-state index in [1.165, 1.54) is 0 Å². The maximum absolute atomic E-state index is 13.1. The number of hydrogen-bond donors (Lipinski definition) is 2. The molecular weight excluding hydrogens is 414 g/mol. The maximum atomic E-state index is 13.1. The molecule has 0 unspecified atom stereocenters. The first kappa shape index (κ1) is 20.8. The van der Waals surface area contributed by atoms with E-state index in [9.17, 15) is 9.90 Å². The third kappa shape index (κ3) is 4.34. The highest BCUT2D eigenvalue weighted by Crippen LogP contribution is 2.29. The number of H-pyrrole nitrogens is 1. The minimum absolute atomic E-state index is 0.0899. The summed E-state index contributed by atoms with van der Waals surface area (Å²) in [5.74, 6) is 0.168. The van der Waals surface area contributed by atoms with E-state index in [1.807, 2.05) is 36.4 Å². The lowest BCUT2D eigenvalue weighted by Crippen LogP contribution is -2.26. The molecule has 0 aliphatic heterocycles. The van der Waals surface area contributed by atoms with Crippen LogP contribution in [0.5, 0.6) is 11.5 Å². The molecule has 0 fully saturated rings. The number of hydrogen-bond acceptors (Lipinski definition) is 4. The van der Waals surface area contributed by atoms with Gasteiger partial charge in [0.25, 0.3) is 5.91 Å². The van der Waals surface area contributed by atoms with Gasteiger partial charge in [0, 0.05) is 31.5 Å². The number of phenolic OH excluding ortho intramolecular Hbond substituents is 1. The molecular formula is C24H22ClN3O3. The van der Waals surface area contributed by atoms with Crippen molar-refractivity contribution in [1.82, 2.24) is 15.1 Å². The molecule has 31 heavy (non-hydrogen) atoms. The van der Waals surface area contributed by atoms with Crippen molar-refractivity contribution in [2.24, 2.45) is 0 Å². The molecule has 0 saturated carbocycles. The van der Waals surface area contributed by atoms with Crippen LogP contribution >= 0.6 is 11.6 Å². The number of ether oxygens (including phenoxy) is 1. The van der Waals surface area contributed by atoms with Gasteiger partial charge in [-0.3, -0.25) is 9.89 Å². The van der Waals surface area contributed by atoms with Crippen molar-refractivity contribution >= 4 is 28.4 Å². The van der Waals surface area contributed by atoms with E-state index in [-0.39, 0.29) is 17.2 Å². The number of amides is 1. The van der Waals surface area contributed by atoms with Crippen molar-refractivity contribution in [3.8, 4) is 11.5 Å². The lowest BCUT2D eigenvalue weighted by molar-refractivity contribution is 0.0782. The first-order valence-electron chi connectivity index (χ1n) is 9.78. The number of phenols is 1. The molecule has 1 amide bonds. The van der Waals surface area contributed by atoms with E-state index in [0.29, 0.717) is 29.3 Å². The minimum Gasteiger partial charge on any atom is -0.507 e. The van der Waals surface area contributed by atoms with Gasteiger partial charge >= 0.3 is 0 Å². The van der Waals surface area contributed by atoms with Gasteiger partial charge in [0.2, 0.25) is 0 Å². The standard InChI is InChI=1S/C24H22ClN3O3/c1-28(14-16-8-9-19(25)23(11-16)31-2)24(30)18-12-17-20(10-15-6-4-3-5-7-15)26-27-21(17)13-22(18)29/h3-9,11-13,29H,10,14H2,1-2H3,(H,26,27). The number of nitrogens with zero attached hydrogens (tertiary/aromatic N) is 2. The average molecular weight is 436 g/mol. The van der Waals surface area contributed by atoms with E-state index >= 15 is 0 Å². The summed E-state index contributed by atoms with van der Waals surface area (Å²) < 4.78 is 5.25. The molecule has 0 bridgehead atoms. The van der Waals surface area contributed by atoms with Gasteiger partial charge < -0.3 is 14.7 Å². The maximum Gasteiger partial charge on any atom is 0.257 e. The zero-order valence-corrected chi connectivity index (χ0v) is 18.0. The summed E-state index contributed by atoms with van der Waals surface area (Å²) in [6.45, 7) is 0.339. The van der Waals surface area contributed by atoms with Gasteiger partial charge in [-0.25, -0.2) is 0 Å². The summed E-state index contributed by atoms with van der Waals surface area (Å²) in [6.07, 6.45) is 0.625. The van der Waals surface area contributed by atoms with Crippen LogP contribution in [0.4, 0.5) is 0 Å². The molecule has 158 valence electrons. The number of carbonyl (C=O) groups excluding carboxylic acids is 1. The Hall–Kier alpha value is -3.51. The second-order valence-electron chi connectivity index (χ2n) is 7.38. The number of methoxy groups -OCH3 is 1. The third-order valence-electron chi connectivity index (χ3n) is 5.18. The lowest BCUT2D eigenvalue weighted by atomic mass is 10.0. The first-order valence-corrected chi connectivity index (χ1v) is 10.2. The number of rotatable bonds is 6. The third-order valence-corrected chi connectivity index (χ3v) is 5.50. The summed E-state index contributed by atoms with van der Waals surface area (Å²) in [7, 11) is 3.23. The van der Waals surface area contributed by atoms with Crippen LogP contribution in [0.15, 0.2) is 60.7 Å². The Bertz CT molecular complexity index is 1240. The van der Waals surface area contributed by atoms with Crippen LogP contribution in [-0.4, -0.2) is 40.3 Å². The van der Waals surface area contributed by atoms with Crippen LogP contribution in [0.2, 0.25) is 5.02 Å². The van der Waals surface area contributed by atoms with Crippen molar-refractivity contribution in [2.45, 2.75) is 13.0 Å². The summed E-state index contributed by atoms with van der Waals surface area (Å²) in [5, 5.41) is 19.1. The first-order chi connectivity index (χ1) is 15.0. The number of nitrogens with one attached hydrogen (secondary N) is 1. The van der Waals surface area contributed by atoms with Gasteiger partial charge in [-0.15, -0.1) is 0 Å². The number of aromatic amines is 1. The lowest BCUT2D eigenvalue weighted by Gasteiger charge is -2.19. The van der Waals surface area contributed by atoms with Crippen molar-refractivity contribution in [3.05, 3.63) is 88.1 Å². The minimum atomic E-state index is -0.292. The van der Waals surface area contributed by atoms with Crippen LogP contribution in [-0.2, 0) is 13.0 Å². The van der Waals surface area contributed by atoms with Gasteiger partial charge in [0.05, 0.1) is 28.9 Å². The second-order valence-corrected chi connectivity index (χ2v) is 7.78. The molecule has 2 N–H and O–H groups in total. The fourth-order valence-corrected chi connectivity index (χ4v) is 3.75. The van der Waals surface area contributed by atoms with Gasteiger partial charge in [-0.05, 0) is 29.3 Å². The van der Waals surface area contributed by atoms with E-state index in [0.717, 1.165) is 22.2 Å². The zero-order chi connectivity index (χ0) is 22.0. The van der Waals surface area contributed by atoms with Gasteiger partial charge in [0.1, 0.15) is 11.5 Å². The van der Waals surface area contributed by atoms with Crippen molar-refractivity contribution in [3.63, 3.8) is 0 Å². The molecule has 7 heteroatoms. The fraction of sp³-hybridized carbons (Fsp3) is 0.167. The molecule has 4 rings (SSSR count). The molecule has 4 aromatic rings. The van der Waals surface area contributed by atoms with Gasteiger partial charge in [0.15, 0.2) is 0 Å². The van der Waals surface area contributed by atoms with E-state index in [4.69, 9.17) is 16.3 Å². The Balaban J connectivity index is 1.61. The van der Waals surface area contributed by atoms with E-state index < -0.39 is 0 Å². The van der Waals surface area contributed by atoms with Crippen LogP contribution in [0.3, 0.4) is 0 Å². The summed E-state index contributed by atoms with van der Waals surface area (Å²) >= 11 is 6.08. The molecule has 3 aromatic carbocycles. The molecule has 0 aliphatic rings.